The third-order valence-corrected chi connectivity index (χ3v) is 9.18. The molecule has 2 heterocycles. The molecule has 4 aliphatic carbocycles. The Balaban J connectivity index is 0.000000277. The standard InChI is InChI=1S/C16H19NO4.C15H18O4.C2H6O.CN.Na/c1-4-9-5-10-7-16(8-17,11(10)6-9)12-13(18)20-15(2,3)21-14(12)19;1-4-8-5-9-7-11(10(9)6-8)12-13(16)18-15(2,3)19-14(12)17;1-2-3;1-2;/h6,10-12H,4-5,7H2,1-3H3;6,9-10H,4-5,7H2,1-3H3;3H,2H2,1H3;;/q;;;-1;+1/t10-,11-,16-;9-,10-;;;/m11.../s1. The maximum absolute atomic E-state index is 12.3. The monoisotopic (exact) mass is 646 g/mol. The quantitative estimate of drug-likeness (QED) is 0.0903. The predicted octanol–water partition coefficient (Wildman–Crippen LogP) is 1.92. The van der Waals surface area contributed by atoms with Crippen molar-refractivity contribution < 1.29 is 72.8 Å². The van der Waals surface area contributed by atoms with Gasteiger partial charge in [0, 0.05) is 46.1 Å². The molecule has 0 aromatic carbocycles. The van der Waals surface area contributed by atoms with Crippen molar-refractivity contribution in [3.8, 4) is 6.07 Å². The molecule has 0 aromatic rings. The minimum Gasteiger partial charge on any atom is -0.512 e. The van der Waals surface area contributed by atoms with E-state index in [1.165, 1.54) is 25.0 Å². The molecule has 4 fully saturated rings. The average molecular weight is 647 g/mol. The Morgan fingerprint density at radius 1 is 0.826 bits per heavy atom. The SMILES string of the molecule is CCC1=C[C@@H]2[C@H](C1)C[C@]2(C#N)C1C(=O)OC(C)(C)OC1=O.CCC1=C[C@H]2C(=C3C(=O)OC(C)(C)OC3=O)C[C@H]2C1.CCO.[C-]#N.[Na+]. The summed E-state index contributed by atoms with van der Waals surface area (Å²) in [6.45, 7) is 17.1. The van der Waals surface area contributed by atoms with E-state index in [0.717, 1.165) is 37.7 Å². The number of fused-ring (bicyclic) bond motifs is 2. The number of carbonyl (C=O) groups is 4. The summed E-state index contributed by atoms with van der Waals surface area (Å²) in [6, 6.07) is 2.24. The van der Waals surface area contributed by atoms with Crippen molar-refractivity contribution in [3.63, 3.8) is 0 Å². The van der Waals surface area contributed by atoms with Crippen LogP contribution in [-0.4, -0.2) is 47.2 Å². The summed E-state index contributed by atoms with van der Waals surface area (Å²) in [6.07, 6.45) is 9.70. The molecule has 2 saturated carbocycles. The van der Waals surface area contributed by atoms with Gasteiger partial charge in [-0.05, 0) is 62.9 Å². The van der Waals surface area contributed by atoms with E-state index in [2.05, 4.69) is 32.1 Å². The van der Waals surface area contributed by atoms with Crippen LogP contribution in [0.25, 0.3) is 0 Å². The molecule has 5 atom stereocenters. The summed E-state index contributed by atoms with van der Waals surface area (Å²) in [4.78, 5) is 48.5. The number of nitriles is 1. The maximum atomic E-state index is 12.3. The molecule has 0 radical (unpaired) electrons. The van der Waals surface area contributed by atoms with Crippen LogP contribution in [0.4, 0.5) is 0 Å². The van der Waals surface area contributed by atoms with E-state index in [9.17, 15) is 24.4 Å². The summed E-state index contributed by atoms with van der Waals surface area (Å²) in [5.41, 5.74) is 2.77. The number of cyclic esters (lactones) is 4. The minimum absolute atomic E-state index is 0. The Bertz CT molecular complexity index is 1340. The minimum atomic E-state index is -1.25. The van der Waals surface area contributed by atoms with Crippen LogP contribution < -0.4 is 29.6 Å². The van der Waals surface area contributed by atoms with Gasteiger partial charge >= 0.3 is 53.4 Å². The van der Waals surface area contributed by atoms with Crippen LogP contribution >= 0.6 is 0 Å². The molecule has 6 rings (SSSR count). The fourth-order valence-electron chi connectivity index (χ4n) is 7.21. The maximum Gasteiger partial charge on any atom is 1.00 e. The molecule has 6 aliphatic rings. The molecule has 0 spiro atoms. The van der Waals surface area contributed by atoms with E-state index in [4.69, 9.17) is 35.9 Å². The van der Waals surface area contributed by atoms with Crippen LogP contribution in [0.15, 0.2) is 34.4 Å². The second-order valence-corrected chi connectivity index (χ2v) is 13.0. The third-order valence-electron chi connectivity index (χ3n) is 9.18. The molecule has 2 aliphatic heterocycles. The van der Waals surface area contributed by atoms with Crippen LogP contribution in [-0.2, 0) is 38.1 Å². The molecule has 11 nitrogen and oxygen atoms in total. The van der Waals surface area contributed by atoms with Crippen molar-refractivity contribution >= 4 is 23.9 Å². The number of aliphatic hydroxyl groups excluding tert-OH is 1. The summed E-state index contributed by atoms with van der Waals surface area (Å²) in [5.74, 6) is -4.71. The van der Waals surface area contributed by atoms with Crippen molar-refractivity contribution in [2.75, 3.05) is 6.61 Å². The zero-order valence-corrected chi connectivity index (χ0v) is 30.1. The van der Waals surface area contributed by atoms with E-state index in [0.29, 0.717) is 18.3 Å². The molecule has 0 bridgehead atoms. The fourth-order valence-corrected chi connectivity index (χ4v) is 7.21. The van der Waals surface area contributed by atoms with Gasteiger partial charge in [0.25, 0.3) is 11.6 Å². The topological polar surface area (TPSA) is 173 Å². The van der Waals surface area contributed by atoms with E-state index in [1.807, 2.05) is 0 Å². The number of allylic oxidation sites excluding steroid dienone is 5. The van der Waals surface area contributed by atoms with Gasteiger partial charge in [-0.3, -0.25) is 9.59 Å². The van der Waals surface area contributed by atoms with Crippen LogP contribution in [0.1, 0.15) is 87.0 Å². The number of hydrogen-bond donors (Lipinski definition) is 1. The molecule has 0 amide bonds. The number of hydrogen-bond acceptors (Lipinski definition) is 11. The van der Waals surface area contributed by atoms with E-state index in [1.54, 1.807) is 20.8 Å². The number of ether oxygens (including phenoxy) is 4. The summed E-state index contributed by atoms with van der Waals surface area (Å²) < 4.78 is 20.7. The van der Waals surface area contributed by atoms with Crippen molar-refractivity contribution in [1.29, 1.82) is 10.5 Å². The van der Waals surface area contributed by atoms with Gasteiger partial charge in [-0.2, -0.15) is 5.26 Å². The summed E-state index contributed by atoms with van der Waals surface area (Å²) in [7, 11) is 0. The molecular formula is C34H43N2NaO9. The van der Waals surface area contributed by atoms with Crippen molar-refractivity contribution in [1.82, 2.24) is 0 Å². The number of aliphatic hydroxyl groups is 1. The van der Waals surface area contributed by atoms with Crippen molar-refractivity contribution in [2.24, 2.45) is 35.0 Å². The first-order chi connectivity index (χ1) is 21.2. The fraction of sp³-hybridized carbons (Fsp3) is 0.647. The second-order valence-electron chi connectivity index (χ2n) is 13.0. The van der Waals surface area contributed by atoms with Gasteiger partial charge in [-0.1, -0.05) is 37.1 Å². The molecule has 0 aromatic heterocycles. The van der Waals surface area contributed by atoms with Crippen LogP contribution in [0.5, 0.6) is 0 Å². The zero-order valence-electron chi connectivity index (χ0n) is 28.1. The Morgan fingerprint density at radius 2 is 1.28 bits per heavy atom. The third kappa shape index (κ3) is 7.60. The van der Waals surface area contributed by atoms with E-state index in [-0.39, 0.29) is 53.6 Å². The molecule has 1 N–H and O–H groups in total. The number of esters is 4. The van der Waals surface area contributed by atoms with Crippen LogP contribution in [0, 0.1) is 58.2 Å². The van der Waals surface area contributed by atoms with Crippen molar-refractivity contribution in [3.05, 3.63) is 41.0 Å². The van der Waals surface area contributed by atoms with Gasteiger partial charge in [0.05, 0.1) is 11.5 Å². The van der Waals surface area contributed by atoms with Gasteiger partial charge in [0.15, 0.2) is 5.92 Å². The first kappa shape index (κ1) is 39.2. The Labute approximate surface area is 293 Å². The number of carbonyl (C=O) groups excluding carboxylic acids is 4. The second kappa shape index (κ2) is 15.3. The normalized spacial score (nSPS) is 31.0. The number of rotatable bonds is 3. The molecular weight excluding hydrogens is 603 g/mol. The summed E-state index contributed by atoms with van der Waals surface area (Å²) >= 11 is 0. The van der Waals surface area contributed by atoms with Crippen LogP contribution in [0.3, 0.4) is 0 Å². The number of nitrogens with zero attached hydrogens (tertiary/aromatic N) is 2. The Kier molecular flexibility index (Phi) is 13.0. The first-order valence-corrected chi connectivity index (χ1v) is 15.4. The first-order valence-electron chi connectivity index (χ1n) is 15.4. The zero-order chi connectivity index (χ0) is 33.9. The van der Waals surface area contributed by atoms with Crippen LogP contribution in [0.2, 0.25) is 0 Å². The van der Waals surface area contributed by atoms with Gasteiger partial charge in [0.2, 0.25) is 0 Å². The Morgan fingerprint density at radius 3 is 1.76 bits per heavy atom. The van der Waals surface area contributed by atoms with E-state index >= 15 is 0 Å². The van der Waals surface area contributed by atoms with Gasteiger partial charge in [-0.25, -0.2) is 9.59 Å². The smallest absolute Gasteiger partial charge is 0.512 e. The largest absolute Gasteiger partial charge is 1.00 e. The van der Waals surface area contributed by atoms with Gasteiger partial charge < -0.3 is 35.9 Å². The summed E-state index contributed by atoms with van der Waals surface area (Å²) in [5, 5.41) is 23.5. The molecule has 2 saturated heterocycles. The molecule has 0 unspecified atom stereocenters. The van der Waals surface area contributed by atoms with Crippen molar-refractivity contribution in [2.45, 2.75) is 98.6 Å². The molecule has 244 valence electrons. The van der Waals surface area contributed by atoms with E-state index < -0.39 is 46.8 Å². The molecule has 46 heavy (non-hydrogen) atoms. The predicted molar refractivity (Wildman–Crippen MR) is 158 cm³/mol. The Hall–Kier alpha value is -2.96. The van der Waals surface area contributed by atoms with Gasteiger partial charge in [-0.15, -0.1) is 0 Å². The molecule has 12 heteroatoms. The van der Waals surface area contributed by atoms with Gasteiger partial charge in [0.1, 0.15) is 5.57 Å². The average Bonchev–Trinajstić information content (AvgIpc) is 3.45.